The van der Waals surface area contributed by atoms with Crippen molar-refractivity contribution in [3.63, 3.8) is 0 Å². The molecule has 1 aliphatic rings. The van der Waals surface area contributed by atoms with Gasteiger partial charge in [-0.1, -0.05) is 11.6 Å². The van der Waals surface area contributed by atoms with Gasteiger partial charge in [-0.3, -0.25) is 0 Å². The van der Waals surface area contributed by atoms with E-state index in [1.54, 1.807) is 0 Å². The number of aliphatic hydroxyl groups excluding tert-OH is 1. The van der Waals surface area contributed by atoms with Crippen molar-refractivity contribution in [3.05, 3.63) is 11.7 Å². The molecule has 2 unspecified atom stereocenters. The van der Waals surface area contributed by atoms with Crippen LogP contribution in [0.4, 0.5) is 13.2 Å². The minimum Gasteiger partial charge on any atom is -0.388 e. The van der Waals surface area contributed by atoms with Gasteiger partial charge < -0.3 is 9.63 Å². The highest BCUT2D eigenvalue weighted by molar-refractivity contribution is 4.97. The Morgan fingerprint density at radius 3 is 2.71 bits per heavy atom. The summed E-state index contributed by atoms with van der Waals surface area (Å²) in [5.41, 5.74) is 0. The molecule has 1 heterocycles. The first-order valence-electron chi connectivity index (χ1n) is 5.50. The van der Waals surface area contributed by atoms with Crippen LogP contribution in [0.1, 0.15) is 43.3 Å². The molecule has 1 aromatic heterocycles. The summed E-state index contributed by atoms with van der Waals surface area (Å²) in [6.45, 7) is -0.362. The number of hydrogen-bond acceptors (Lipinski definition) is 4. The Labute approximate surface area is 95.8 Å². The second-order valence-corrected chi connectivity index (χ2v) is 4.31. The summed E-state index contributed by atoms with van der Waals surface area (Å²) in [4.78, 5) is 3.87. The summed E-state index contributed by atoms with van der Waals surface area (Å²) >= 11 is 0. The summed E-state index contributed by atoms with van der Waals surface area (Å²) in [6, 6.07) is 0. The predicted molar refractivity (Wildman–Crippen MR) is 51.0 cm³/mol. The quantitative estimate of drug-likeness (QED) is 0.875. The lowest BCUT2D eigenvalue weighted by molar-refractivity contribution is -0.183. The Morgan fingerprint density at radius 2 is 2.12 bits per heavy atom. The molecule has 1 N–H and O–H groups in total. The van der Waals surface area contributed by atoms with Crippen LogP contribution in [0.15, 0.2) is 4.52 Å². The average molecular weight is 250 g/mol. The van der Waals surface area contributed by atoms with Gasteiger partial charge >= 0.3 is 6.18 Å². The Hall–Kier alpha value is -1.11. The van der Waals surface area contributed by atoms with Crippen molar-refractivity contribution in [1.82, 2.24) is 10.1 Å². The monoisotopic (exact) mass is 250 g/mol. The Kier molecular flexibility index (Phi) is 3.37. The lowest BCUT2D eigenvalue weighted by Crippen LogP contribution is -2.28. The molecule has 0 aromatic carbocycles. The molecule has 17 heavy (non-hydrogen) atoms. The Balaban J connectivity index is 2.06. The lowest BCUT2D eigenvalue weighted by Gasteiger charge is -2.28. The highest BCUT2D eigenvalue weighted by Gasteiger charge is 2.43. The van der Waals surface area contributed by atoms with Crippen molar-refractivity contribution in [2.75, 3.05) is 0 Å². The molecule has 96 valence electrons. The third-order valence-corrected chi connectivity index (χ3v) is 3.11. The van der Waals surface area contributed by atoms with Gasteiger partial charge in [0, 0.05) is 5.92 Å². The normalized spacial score (nSPS) is 26.1. The van der Waals surface area contributed by atoms with E-state index in [1.165, 1.54) is 0 Å². The summed E-state index contributed by atoms with van der Waals surface area (Å²) in [5.74, 6) is -1.30. The maximum Gasteiger partial charge on any atom is 0.391 e. The first-order chi connectivity index (χ1) is 8.00. The van der Waals surface area contributed by atoms with Gasteiger partial charge in [-0.15, -0.1) is 0 Å². The van der Waals surface area contributed by atoms with Gasteiger partial charge in [0.05, 0.1) is 5.92 Å². The highest BCUT2D eigenvalue weighted by Crippen LogP contribution is 2.43. The molecule has 7 heteroatoms. The number of halogens is 3. The zero-order chi connectivity index (χ0) is 12.5. The van der Waals surface area contributed by atoms with Gasteiger partial charge in [-0.2, -0.15) is 18.2 Å². The third kappa shape index (κ3) is 2.77. The van der Waals surface area contributed by atoms with Gasteiger partial charge in [0.15, 0.2) is 5.82 Å². The smallest absolute Gasteiger partial charge is 0.388 e. The molecule has 2 atom stereocenters. The third-order valence-electron chi connectivity index (χ3n) is 3.11. The van der Waals surface area contributed by atoms with E-state index in [4.69, 9.17) is 9.63 Å². The molecule has 4 nitrogen and oxygen atoms in total. The van der Waals surface area contributed by atoms with Crippen molar-refractivity contribution in [2.45, 2.75) is 44.4 Å². The van der Waals surface area contributed by atoms with Gasteiger partial charge in [-0.25, -0.2) is 0 Å². The molecule has 0 bridgehead atoms. The zero-order valence-electron chi connectivity index (χ0n) is 9.07. The van der Waals surface area contributed by atoms with E-state index in [2.05, 4.69) is 10.1 Å². The van der Waals surface area contributed by atoms with Crippen LogP contribution in [0.5, 0.6) is 0 Å². The molecule has 0 saturated heterocycles. The molecular formula is C10H13F3N2O2. The second kappa shape index (κ2) is 4.64. The van der Waals surface area contributed by atoms with Crippen molar-refractivity contribution in [2.24, 2.45) is 5.92 Å². The van der Waals surface area contributed by atoms with Crippen LogP contribution < -0.4 is 0 Å². The van der Waals surface area contributed by atoms with Crippen molar-refractivity contribution in [3.8, 4) is 0 Å². The number of alkyl halides is 3. The SMILES string of the molecule is OCc1noc(C2CCCC(C(F)(F)F)C2)n1. The first-order valence-corrected chi connectivity index (χ1v) is 5.50. The summed E-state index contributed by atoms with van der Waals surface area (Å²) in [7, 11) is 0. The van der Waals surface area contributed by atoms with E-state index in [0.717, 1.165) is 0 Å². The van der Waals surface area contributed by atoms with E-state index < -0.39 is 12.1 Å². The number of rotatable bonds is 2. The van der Waals surface area contributed by atoms with Crippen LogP contribution in [0, 0.1) is 5.92 Å². The van der Waals surface area contributed by atoms with Crippen LogP contribution in [-0.2, 0) is 6.61 Å². The molecule has 2 rings (SSSR count). The lowest BCUT2D eigenvalue weighted by atomic mass is 9.81. The van der Waals surface area contributed by atoms with Crippen LogP contribution in [-0.4, -0.2) is 21.4 Å². The fourth-order valence-electron chi connectivity index (χ4n) is 2.21. The fraction of sp³-hybridized carbons (Fsp3) is 0.800. The van der Waals surface area contributed by atoms with Gasteiger partial charge in [-0.05, 0) is 19.3 Å². The molecule has 1 aromatic rings. The molecule has 1 saturated carbocycles. The largest absolute Gasteiger partial charge is 0.391 e. The number of nitrogens with zero attached hydrogens (tertiary/aromatic N) is 2. The van der Waals surface area contributed by atoms with Crippen LogP contribution in [0.25, 0.3) is 0 Å². The fourth-order valence-corrected chi connectivity index (χ4v) is 2.21. The summed E-state index contributed by atoms with van der Waals surface area (Å²) in [6.07, 6.45) is -2.86. The average Bonchev–Trinajstić information content (AvgIpc) is 2.76. The second-order valence-electron chi connectivity index (χ2n) is 4.31. The van der Waals surface area contributed by atoms with Crippen molar-refractivity contribution < 1.29 is 22.8 Å². The van der Waals surface area contributed by atoms with E-state index in [0.29, 0.717) is 12.8 Å². The van der Waals surface area contributed by atoms with E-state index in [1.807, 2.05) is 0 Å². The molecule has 0 aliphatic heterocycles. The summed E-state index contributed by atoms with van der Waals surface area (Å²) in [5, 5.41) is 12.2. The maximum atomic E-state index is 12.6. The van der Waals surface area contributed by atoms with Crippen LogP contribution >= 0.6 is 0 Å². The number of aromatic nitrogens is 2. The first kappa shape index (κ1) is 12.3. The molecule has 0 amide bonds. The zero-order valence-corrected chi connectivity index (χ0v) is 9.07. The van der Waals surface area contributed by atoms with Gasteiger partial charge in [0.2, 0.25) is 5.89 Å². The molecule has 0 radical (unpaired) electrons. The Bertz CT molecular complexity index is 378. The van der Waals surface area contributed by atoms with Gasteiger partial charge in [0.25, 0.3) is 0 Å². The minimum absolute atomic E-state index is 0.00341. The van der Waals surface area contributed by atoms with E-state index in [9.17, 15) is 13.2 Å². The number of aliphatic hydroxyl groups is 1. The highest BCUT2D eigenvalue weighted by atomic mass is 19.4. The maximum absolute atomic E-state index is 12.6. The minimum atomic E-state index is -4.15. The van der Waals surface area contributed by atoms with Crippen molar-refractivity contribution >= 4 is 0 Å². The predicted octanol–water partition coefficient (Wildman–Crippen LogP) is 2.40. The summed E-state index contributed by atoms with van der Waals surface area (Å²) < 4.78 is 42.7. The van der Waals surface area contributed by atoms with Crippen molar-refractivity contribution in [1.29, 1.82) is 0 Å². The van der Waals surface area contributed by atoms with Crippen LogP contribution in [0.3, 0.4) is 0 Å². The molecule has 0 spiro atoms. The molecule has 1 aliphatic carbocycles. The van der Waals surface area contributed by atoms with Crippen LogP contribution in [0.2, 0.25) is 0 Å². The van der Waals surface area contributed by atoms with E-state index in [-0.39, 0.29) is 37.1 Å². The topological polar surface area (TPSA) is 59.2 Å². The van der Waals surface area contributed by atoms with E-state index >= 15 is 0 Å². The standard InChI is InChI=1S/C10H13F3N2O2/c11-10(12,13)7-3-1-2-6(4-7)9-14-8(5-16)15-17-9/h6-7,16H,1-5H2. The molecule has 1 fully saturated rings. The van der Waals surface area contributed by atoms with Gasteiger partial charge in [0.1, 0.15) is 6.61 Å². The number of hydrogen-bond donors (Lipinski definition) is 1. The molecular weight excluding hydrogens is 237 g/mol. The Morgan fingerprint density at radius 1 is 1.35 bits per heavy atom.